The van der Waals surface area contributed by atoms with Crippen LogP contribution in [0, 0.1) is 5.92 Å². The molecule has 4 aliphatic heterocycles. The summed E-state index contributed by atoms with van der Waals surface area (Å²) in [6, 6.07) is 27.1. The Hall–Kier alpha value is -3.31. The first-order valence-electron chi connectivity index (χ1n) is 13.6. The summed E-state index contributed by atoms with van der Waals surface area (Å²) in [5, 5.41) is 0. The summed E-state index contributed by atoms with van der Waals surface area (Å²) in [5.74, 6) is 1.95. The number of amides is 1. The number of likely N-dealkylation sites (N-methyl/N-ethyl adjacent to an activating group) is 1. The maximum atomic E-state index is 12.5. The van der Waals surface area contributed by atoms with Gasteiger partial charge >= 0.3 is 0 Å². The molecule has 7 rings (SSSR count). The first-order chi connectivity index (χ1) is 18.1. The quantitative estimate of drug-likeness (QED) is 0.463. The van der Waals surface area contributed by atoms with Crippen molar-refractivity contribution in [2.24, 2.45) is 5.92 Å². The molecule has 3 aromatic carbocycles. The van der Waals surface area contributed by atoms with Crippen molar-refractivity contribution in [3.63, 3.8) is 0 Å². The molecule has 4 heterocycles. The van der Waals surface area contributed by atoms with Crippen LogP contribution in [0.2, 0.25) is 0 Å². The van der Waals surface area contributed by atoms with Gasteiger partial charge in [0.25, 0.3) is 0 Å². The van der Waals surface area contributed by atoms with Crippen LogP contribution in [0.3, 0.4) is 0 Å². The minimum atomic E-state index is 0.181. The average Bonchev–Trinajstić information content (AvgIpc) is 2.96. The molecule has 4 aliphatic rings. The van der Waals surface area contributed by atoms with Crippen LogP contribution in [-0.2, 0) is 11.2 Å². The van der Waals surface area contributed by atoms with Crippen LogP contribution in [0.5, 0.6) is 5.75 Å². The molecule has 0 spiro atoms. The smallest absolute Gasteiger partial charge is 0.227 e. The fraction of sp³-hybridized carbons (Fsp3) is 0.406. The lowest BCUT2D eigenvalue weighted by atomic mass is 9.70. The van der Waals surface area contributed by atoms with Crippen molar-refractivity contribution in [1.82, 2.24) is 4.90 Å². The number of ether oxygens (including phenoxy) is 1. The van der Waals surface area contributed by atoms with Gasteiger partial charge in [-0.05, 0) is 67.1 Å². The molecule has 5 nitrogen and oxygen atoms in total. The molecule has 1 amide bonds. The fourth-order valence-electron chi connectivity index (χ4n) is 7.17. The van der Waals surface area contributed by atoms with Gasteiger partial charge in [0.15, 0.2) is 0 Å². The minimum absolute atomic E-state index is 0.181. The van der Waals surface area contributed by atoms with Crippen LogP contribution in [0.15, 0.2) is 72.8 Å². The molecule has 0 radical (unpaired) electrons. The molecule has 5 heteroatoms. The lowest BCUT2D eigenvalue weighted by Crippen LogP contribution is -2.65. The number of carbonyl (C=O) groups excluding carboxylic acids is 1. The second kappa shape index (κ2) is 9.86. The van der Waals surface area contributed by atoms with Gasteiger partial charge in [0, 0.05) is 44.2 Å². The molecule has 0 aromatic heterocycles. The van der Waals surface area contributed by atoms with E-state index in [2.05, 4.69) is 89.6 Å². The summed E-state index contributed by atoms with van der Waals surface area (Å²) in [6.45, 7) is 2.29. The van der Waals surface area contributed by atoms with Gasteiger partial charge in [-0.3, -0.25) is 9.69 Å². The van der Waals surface area contributed by atoms with Gasteiger partial charge in [-0.25, -0.2) is 0 Å². The number of carbonyl (C=O) groups is 1. The van der Waals surface area contributed by atoms with Crippen molar-refractivity contribution < 1.29 is 9.53 Å². The summed E-state index contributed by atoms with van der Waals surface area (Å²) in [7, 11) is 5.90. The van der Waals surface area contributed by atoms with Crippen LogP contribution < -0.4 is 14.5 Å². The molecular weight excluding hydrogens is 458 g/mol. The standard InChI is InChI=1S/C32H37N3O2/c1-33-26-21-27(28(37-3)20-25(26)14-15-29(33)36)34(2)31-24-16-18-35(19-17-24)32(31)30(22-10-6-4-7-11-22)23-12-8-5-9-13-23/h4-13,20-21,24,30-32H,14-19H2,1-3H3/t31-,32-/m0/s1. The summed E-state index contributed by atoms with van der Waals surface area (Å²) >= 11 is 0. The summed E-state index contributed by atoms with van der Waals surface area (Å²) in [5.41, 5.74) is 6.01. The van der Waals surface area contributed by atoms with Gasteiger partial charge in [0.05, 0.1) is 12.8 Å². The number of hydrogen-bond donors (Lipinski definition) is 0. The second-order valence-electron chi connectivity index (χ2n) is 10.9. The Bertz CT molecular complexity index is 1210. The number of fused-ring (bicyclic) bond motifs is 4. The molecular formula is C32H37N3O2. The SMILES string of the molecule is COc1cc2c(cc1N(C)[C@H]1C3CCN(CC3)[C@H]1C(c1ccccc1)c1ccccc1)N(C)C(=O)CC2. The van der Waals surface area contributed by atoms with E-state index < -0.39 is 0 Å². The number of rotatable bonds is 6. The van der Waals surface area contributed by atoms with E-state index in [9.17, 15) is 4.79 Å². The highest BCUT2D eigenvalue weighted by atomic mass is 16.5. The van der Waals surface area contributed by atoms with Crippen LogP contribution in [0.25, 0.3) is 0 Å². The normalized spacial score (nSPS) is 24.8. The predicted octanol–water partition coefficient (Wildman–Crippen LogP) is 5.34. The van der Waals surface area contributed by atoms with Crippen LogP contribution >= 0.6 is 0 Å². The molecule has 2 bridgehead atoms. The largest absolute Gasteiger partial charge is 0.495 e. The number of benzene rings is 3. The molecule has 0 aliphatic carbocycles. The van der Waals surface area contributed by atoms with E-state index in [1.165, 1.54) is 29.5 Å². The Kier molecular flexibility index (Phi) is 6.41. The zero-order valence-corrected chi connectivity index (χ0v) is 22.1. The number of anilines is 2. The van der Waals surface area contributed by atoms with Gasteiger partial charge < -0.3 is 14.5 Å². The number of methoxy groups -OCH3 is 1. The van der Waals surface area contributed by atoms with Crippen molar-refractivity contribution in [3.05, 3.63) is 89.5 Å². The number of hydrogen-bond acceptors (Lipinski definition) is 4. The van der Waals surface area contributed by atoms with Crippen LogP contribution in [0.1, 0.15) is 41.9 Å². The molecule has 192 valence electrons. The molecule has 0 unspecified atom stereocenters. The van der Waals surface area contributed by atoms with Gasteiger partial charge in [0.2, 0.25) is 5.91 Å². The van der Waals surface area contributed by atoms with E-state index in [0.717, 1.165) is 36.6 Å². The molecule has 3 saturated heterocycles. The van der Waals surface area contributed by atoms with Crippen molar-refractivity contribution in [1.29, 1.82) is 0 Å². The van der Waals surface area contributed by atoms with E-state index in [4.69, 9.17) is 4.74 Å². The third kappa shape index (κ3) is 4.19. The van der Waals surface area contributed by atoms with Crippen molar-refractivity contribution in [2.75, 3.05) is 44.1 Å². The predicted molar refractivity (Wildman–Crippen MR) is 150 cm³/mol. The van der Waals surface area contributed by atoms with Gasteiger partial charge in [0.1, 0.15) is 5.75 Å². The highest BCUT2D eigenvalue weighted by molar-refractivity contribution is 5.97. The zero-order chi connectivity index (χ0) is 25.5. The minimum Gasteiger partial charge on any atom is -0.495 e. The monoisotopic (exact) mass is 495 g/mol. The Labute approximate surface area is 220 Å². The number of aryl methyl sites for hydroxylation is 1. The second-order valence-corrected chi connectivity index (χ2v) is 10.9. The molecule has 3 aromatic rings. The molecule has 37 heavy (non-hydrogen) atoms. The van der Waals surface area contributed by atoms with Crippen molar-refractivity contribution >= 4 is 17.3 Å². The molecule has 0 N–H and O–H groups in total. The van der Waals surface area contributed by atoms with E-state index in [-0.39, 0.29) is 11.8 Å². The number of nitrogens with zero attached hydrogens (tertiary/aromatic N) is 3. The zero-order valence-electron chi connectivity index (χ0n) is 22.1. The highest BCUT2D eigenvalue weighted by Crippen LogP contribution is 2.47. The molecule has 0 saturated carbocycles. The third-order valence-corrected chi connectivity index (χ3v) is 9.04. The van der Waals surface area contributed by atoms with Crippen LogP contribution in [0.4, 0.5) is 11.4 Å². The average molecular weight is 496 g/mol. The Balaban J connectivity index is 1.46. The van der Waals surface area contributed by atoms with E-state index in [1.807, 2.05) is 11.9 Å². The van der Waals surface area contributed by atoms with Gasteiger partial charge in [-0.1, -0.05) is 60.7 Å². The van der Waals surface area contributed by atoms with Crippen molar-refractivity contribution in [3.8, 4) is 5.75 Å². The van der Waals surface area contributed by atoms with E-state index in [0.29, 0.717) is 24.4 Å². The van der Waals surface area contributed by atoms with Crippen LogP contribution in [-0.4, -0.2) is 57.2 Å². The van der Waals surface area contributed by atoms with E-state index >= 15 is 0 Å². The fourth-order valence-corrected chi connectivity index (χ4v) is 7.17. The summed E-state index contributed by atoms with van der Waals surface area (Å²) in [6.07, 6.45) is 3.76. The number of piperidine rings is 3. The summed E-state index contributed by atoms with van der Waals surface area (Å²) < 4.78 is 5.97. The highest BCUT2D eigenvalue weighted by Gasteiger charge is 2.48. The maximum absolute atomic E-state index is 12.5. The third-order valence-electron chi connectivity index (χ3n) is 9.04. The Morgan fingerprint density at radius 1 is 0.919 bits per heavy atom. The first-order valence-corrected chi connectivity index (χ1v) is 13.6. The molecule has 3 fully saturated rings. The topological polar surface area (TPSA) is 36.0 Å². The lowest BCUT2D eigenvalue weighted by Gasteiger charge is -2.57. The summed E-state index contributed by atoms with van der Waals surface area (Å²) in [4.78, 5) is 19.6. The molecule has 2 atom stereocenters. The Morgan fingerprint density at radius 2 is 1.54 bits per heavy atom. The Morgan fingerprint density at radius 3 is 2.14 bits per heavy atom. The first kappa shape index (κ1) is 24.1. The van der Waals surface area contributed by atoms with Crippen molar-refractivity contribution in [2.45, 2.75) is 43.7 Å². The van der Waals surface area contributed by atoms with E-state index in [1.54, 1.807) is 7.11 Å². The van der Waals surface area contributed by atoms with Gasteiger partial charge in [-0.2, -0.15) is 0 Å². The maximum Gasteiger partial charge on any atom is 0.227 e. The lowest BCUT2D eigenvalue weighted by molar-refractivity contribution is -0.118. The van der Waals surface area contributed by atoms with Gasteiger partial charge in [-0.15, -0.1) is 0 Å².